The highest BCUT2D eigenvalue weighted by Crippen LogP contribution is 2.28. The molecule has 1 N–H and O–H groups in total. The molecule has 0 unspecified atom stereocenters. The Kier molecular flexibility index (Phi) is 4.25. The Morgan fingerprint density at radius 3 is 2.94 bits per heavy atom. The topological polar surface area (TPSA) is 37.8 Å². The highest BCUT2D eigenvalue weighted by molar-refractivity contribution is 8.01. The van der Waals surface area contributed by atoms with E-state index >= 15 is 0 Å². The van der Waals surface area contributed by atoms with Crippen LogP contribution in [0.1, 0.15) is 12.5 Å². The number of halogens is 1. The molecule has 0 atom stereocenters. The summed E-state index contributed by atoms with van der Waals surface area (Å²) >= 11 is 9.30. The van der Waals surface area contributed by atoms with Gasteiger partial charge in [0.05, 0.1) is 0 Å². The molecule has 0 aliphatic heterocycles. The van der Waals surface area contributed by atoms with Crippen LogP contribution in [0, 0.1) is 6.92 Å². The van der Waals surface area contributed by atoms with E-state index in [-0.39, 0.29) is 0 Å². The van der Waals surface area contributed by atoms with Crippen molar-refractivity contribution in [1.29, 1.82) is 0 Å². The summed E-state index contributed by atoms with van der Waals surface area (Å²) in [5, 5.41) is 12.9. The van der Waals surface area contributed by atoms with E-state index in [4.69, 9.17) is 11.6 Å². The highest BCUT2D eigenvalue weighted by Gasteiger charge is 2.05. The van der Waals surface area contributed by atoms with Crippen LogP contribution in [-0.4, -0.2) is 16.0 Å². The Bertz CT molecular complexity index is 513. The van der Waals surface area contributed by atoms with Crippen LogP contribution in [0.4, 0.5) is 10.8 Å². The average Bonchev–Trinajstić information content (AvgIpc) is 2.72. The number of nitrogens with one attached hydrogen (secondary N) is 1. The molecular formula is C11H12ClN3S2. The molecule has 3 nitrogen and oxygen atoms in total. The Morgan fingerprint density at radius 2 is 2.24 bits per heavy atom. The normalized spacial score (nSPS) is 10.5. The summed E-state index contributed by atoms with van der Waals surface area (Å²) in [5.74, 6) is 1.00. The van der Waals surface area contributed by atoms with Crippen molar-refractivity contribution in [1.82, 2.24) is 10.2 Å². The van der Waals surface area contributed by atoms with Crippen LogP contribution in [0.25, 0.3) is 0 Å². The Hall–Kier alpha value is -0.780. The van der Waals surface area contributed by atoms with Crippen LogP contribution in [0.15, 0.2) is 22.5 Å². The number of aryl methyl sites for hydroxylation is 1. The van der Waals surface area contributed by atoms with Gasteiger partial charge in [-0.25, -0.2) is 0 Å². The number of anilines is 2. The maximum Gasteiger partial charge on any atom is 0.210 e. The molecular weight excluding hydrogens is 274 g/mol. The molecule has 0 spiro atoms. The fourth-order valence-corrected chi connectivity index (χ4v) is 3.09. The van der Waals surface area contributed by atoms with E-state index in [9.17, 15) is 0 Å². The second-order valence-electron chi connectivity index (χ2n) is 3.40. The number of aromatic nitrogens is 2. The van der Waals surface area contributed by atoms with Crippen LogP contribution in [0.5, 0.6) is 0 Å². The first-order valence-electron chi connectivity index (χ1n) is 5.18. The van der Waals surface area contributed by atoms with Crippen LogP contribution in [0.2, 0.25) is 5.02 Å². The van der Waals surface area contributed by atoms with Gasteiger partial charge in [-0.05, 0) is 30.4 Å². The van der Waals surface area contributed by atoms with Gasteiger partial charge in [-0.3, -0.25) is 0 Å². The Labute approximate surface area is 114 Å². The largest absolute Gasteiger partial charge is 0.330 e. The summed E-state index contributed by atoms with van der Waals surface area (Å²) in [6, 6.07) is 5.85. The summed E-state index contributed by atoms with van der Waals surface area (Å²) in [7, 11) is 0. The first-order valence-corrected chi connectivity index (χ1v) is 7.36. The lowest BCUT2D eigenvalue weighted by Gasteiger charge is -2.03. The van der Waals surface area contributed by atoms with E-state index in [0.717, 1.165) is 31.5 Å². The SMILES string of the molecule is CCSc1nnc(Nc2ccc(C)c(Cl)c2)s1. The van der Waals surface area contributed by atoms with Crippen molar-refractivity contribution < 1.29 is 0 Å². The first-order chi connectivity index (χ1) is 8.19. The molecule has 2 rings (SSSR count). The third-order valence-corrected chi connectivity index (χ3v) is 4.36. The van der Waals surface area contributed by atoms with E-state index in [2.05, 4.69) is 22.4 Å². The zero-order valence-corrected chi connectivity index (χ0v) is 11.9. The number of rotatable bonds is 4. The predicted octanol–water partition coefficient (Wildman–Crippen LogP) is 4.36. The van der Waals surface area contributed by atoms with Crippen molar-refractivity contribution in [2.24, 2.45) is 0 Å². The minimum atomic E-state index is 0.752. The van der Waals surface area contributed by atoms with Crippen molar-refractivity contribution in [2.45, 2.75) is 18.2 Å². The molecule has 0 saturated carbocycles. The lowest BCUT2D eigenvalue weighted by molar-refractivity contribution is 1.01. The molecule has 90 valence electrons. The Morgan fingerprint density at radius 1 is 1.41 bits per heavy atom. The number of nitrogens with zero attached hydrogens (tertiary/aromatic N) is 2. The molecule has 17 heavy (non-hydrogen) atoms. The van der Waals surface area contributed by atoms with Crippen molar-refractivity contribution in [3.05, 3.63) is 28.8 Å². The van der Waals surface area contributed by atoms with Crippen molar-refractivity contribution in [3.63, 3.8) is 0 Å². The lowest BCUT2D eigenvalue weighted by atomic mass is 10.2. The molecule has 2 aromatic rings. The molecule has 0 saturated heterocycles. The molecule has 0 fully saturated rings. The van der Waals surface area contributed by atoms with Crippen molar-refractivity contribution in [3.8, 4) is 0 Å². The van der Waals surface area contributed by atoms with Crippen molar-refractivity contribution >= 4 is 45.5 Å². The highest BCUT2D eigenvalue weighted by atomic mass is 35.5. The molecule has 0 aliphatic rings. The van der Waals surface area contributed by atoms with Gasteiger partial charge in [0.15, 0.2) is 4.34 Å². The molecule has 0 bridgehead atoms. The van der Waals surface area contributed by atoms with Gasteiger partial charge in [-0.2, -0.15) is 0 Å². The first kappa shape index (κ1) is 12.7. The van der Waals surface area contributed by atoms with Gasteiger partial charge in [0, 0.05) is 10.7 Å². The van der Waals surface area contributed by atoms with Crippen molar-refractivity contribution in [2.75, 3.05) is 11.1 Å². The van der Waals surface area contributed by atoms with Gasteiger partial charge in [0.2, 0.25) is 5.13 Å². The number of hydrogen-bond acceptors (Lipinski definition) is 5. The van der Waals surface area contributed by atoms with E-state index < -0.39 is 0 Å². The van der Waals surface area contributed by atoms with Crippen LogP contribution in [-0.2, 0) is 0 Å². The summed E-state index contributed by atoms with van der Waals surface area (Å²) in [6.45, 7) is 4.08. The summed E-state index contributed by atoms with van der Waals surface area (Å²) < 4.78 is 0.980. The number of benzene rings is 1. The molecule has 0 radical (unpaired) electrons. The van der Waals surface area contributed by atoms with Crippen LogP contribution >= 0.6 is 34.7 Å². The van der Waals surface area contributed by atoms with Gasteiger partial charge in [0.1, 0.15) is 0 Å². The predicted molar refractivity (Wildman–Crippen MR) is 75.8 cm³/mol. The third kappa shape index (κ3) is 3.34. The number of thioether (sulfide) groups is 1. The van der Waals surface area contributed by atoms with Crippen LogP contribution in [0.3, 0.4) is 0 Å². The van der Waals surface area contributed by atoms with E-state index in [1.807, 2.05) is 25.1 Å². The van der Waals surface area contributed by atoms with Gasteiger partial charge in [-0.1, -0.05) is 47.7 Å². The van der Waals surface area contributed by atoms with E-state index in [1.165, 1.54) is 0 Å². The quantitative estimate of drug-likeness (QED) is 0.847. The minimum absolute atomic E-state index is 0.752. The van der Waals surface area contributed by atoms with Gasteiger partial charge >= 0.3 is 0 Å². The second kappa shape index (κ2) is 5.71. The molecule has 1 aromatic carbocycles. The fraction of sp³-hybridized carbons (Fsp3) is 0.273. The lowest BCUT2D eigenvalue weighted by Crippen LogP contribution is -1.89. The summed E-state index contributed by atoms with van der Waals surface area (Å²) in [5.41, 5.74) is 2.00. The third-order valence-electron chi connectivity index (χ3n) is 2.10. The minimum Gasteiger partial charge on any atom is -0.330 e. The maximum atomic E-state index is 6.06. The molecule has 0 aliphatic carbocycles. The summed E-state index contributed by atoms with van der Waals surface area (Å²) in [6.07, 6.45) is 0. The molecule has 6 heteroatoms. The zero-order valence-electron chi connectivity index (χ0n) is 9.53. The summed E-state index contributed by atoms with van der Waals surface area (Å²) in [4.78, 5) is 0. The molecule has 1 aromatic heterocycles. The zero-order chi connectivity index (χ0) is 12.3. The standard InChI is InChI=1S/C11H12ClN3S2/c1-3-16-11-15-14-10(17-11)13-8-5-4-7(2)9(12)6-8/h4-6H,3H2,1-2H3,(H,13,14). The monoisotopic (exact) mass is 285 g/mol. The smallest absolute Gasteiger partial charge is 0.210 e. The maximum absolute atomic E-state index is 6.06. The average molecular weight is 286 g/mol. The van der Waals surface area contributed by atoms with Crippen LogP contribution < -0.4 is 5.32 Å². The number of hydrogen-bond donors (Lipinski definition) is 1. The molecule has 0 amide bonds. The van der Waals surface area contributed by atoms with E-state index in [1.54, 1.807) is 23.1 Å². The van der Waals surface area contributed by atoms with Gasteiger partial charge < -0.3 is 5.32 Å². The van der Waals surface area contributed by atoms with Gasteiger partial charge in [0.25, 0.3) is 0 Å². The second-order valence-corrected chi connectivity index (χ2v) is 6.29. The van der Waals surface area contributed by atoms with E-state index in [0.29, 0.717) is 0 Å². The Balaban J connectivity index is 2.11. The van der Waals surface area contributed by atoms with Gasteiger partial charge in [-0.15, -0.1) is 10.2 Å². The fourth-order valence-electron chi connectivity index (χ4n) is 1.24. The molecule has 1 heterocycles.